The average molecular weight is 310 g/mol. The van der Waals surface area contributed by atoms with Crippen LogP contribution in [0.2, 0.25) is 5.02 Å². The van der Waals surface area contributed by atoms with Gasteiger partial charge in [0.1, 0.15) is 17.3 Å². The molecule has 2 aromatic rings. The summed E-state index contributed by atoms with van der Waals surface area (Å²) in [5.74, 6) is -1.02. The number of benzene rings is 1. The third kappa shape index (κ3) is 3.03. The van der Waals surface area contributed by atoms with Crippen molar-refractivity contribution in [1.82, 2.24) is 10.2 Å². The van der Waals surface area contributed by atoms with E-state index >= 15 is 0 Å². The van der Waals surface area contributed by atoms with Crippen molar-refractivity contribution >= 4 is 23.2 Å². The van der Waals surface area contributed by atoms with Gasteiger partial charge in [0, 0.05) is 1.43 Å². The van der Waals surface area contributed by atoms with Crippen LogP contribution in [0.1, 0.15) is 49.2 Å². The molecular weight excluding hydrogens is 293 g/mol. The lowest BCUT2D eigenvalue weighted by atomic mass is 9.94. The first-order valence-corrected chi connectivity index (χ1v) is 6.95. The fraction of sp³-hybridized carbons (Fsp3) is 0.267. The minimum atomic E-state index is -0.602. The largest absolute Gasteiger partial charge is 0.382 e. The van der Waals surface area contributed by atoms with Gasteiger partial charge >= 0.3 is 0 Å². The van der Waals surface area contributed by atoms with Gasteiger partial charge in [0.2, 0.25) is 5.78 Å². The monoisotopic (exact) mass is 309 g/mol. The maximum atomic E-state index is 14.6. The summed E-state index contributed by atoms with van der Waals surface area (Å²) in [7, 11) is 0. The van der Waals surface area contributed by atoms with Gasteiger partial charge < -0.3 is 5.73 Å². The molecule has 0 bridgehead atoms. The molecule has 0 aliphatic carbocycles. The highest BCUT2D eigenvalue weighted by Gasteiger charge is 2.23. The van der Waals surface area contributed by atoms with E-state index in [0.717, 1.165) is 6.42 Å². The van der Waals surface area contributed by atoms with Crippen LogP contribution in [0, 0.1) is 5.82 Å². The minimum absolute atomic E-state index is 0. The molecule has 1 aromatic heterocycles. The first-order chi connectivity index (χ1) is 9.95. The molecule has 1 aromatic carbocycles. The number of carbonyl (C=O) groups is 1. The third-order valence-electron chi connectivity index (χ3n) is 3.41. The lowest BCUT2D eigenvalue weighted by Crippen LogP contribution is -2.11. The predicted octanol–water partition coefficient (Wildman–Crippen LogP) is 3.84. The van der Waals surface area contributed by atoms with Gasteiger partial charge in [-0.25, -0.2) is 4.39 Å². The second-order valence-electron chi connectivity index (χ2n) is 4.81. The molecule has 6 heteroatoms. The number of aromatic nitrogens is 2. The Morgan fingerprint density at radius 1 is 1.38 bits per heavy atom. The molecular formula is C15H17ClFN3O. The molecule has 0 spiro atoms. The summed E-state index contributed by atoms with van der Waals surface area (Å²) in [5.41, 5.74) is 5.72. The standard InChI is InChI=1S/C15H15ClFN3O.H2/c1-3-8(2)9-4-5-10(16)13(14(9)17)15(21)11-6-7-12(18)20-19-11;/h4-8H,3H2,1-2H3,(H2,18,20);1H/t8-;/m1./s1. The lowest BCUT2D eigenvalue weighted by molar-refractivity contribution is 0.102. The van der Waals surface area contributed by atoms with Gasteiger partial charge in [-0.05, 0) is 36.1 Å². The van der Waals surface area contributed by atoms with Crippen LogP contribution in [0.3, 0.4) is 0 Å². The Labute approximate surface area is 128 Å². The maximum absolute atomic E-state index is 14.6. The molecule has 112 valence electrons. The summed E-state index contributed by atoms with van der Waals surface area (Å²) in [4.78, 5) is 12.4. The van der Waals surface area contributed by atoms with Crippen molar-refractivity contribution in [2.75, 3.05) is 5.73 Å². The summed E-state index contributed by atoms with van der Waals surface area (Å²) >= 11 is 5.99. The van der Waals surface area contributed by atoms with E-state index in [2.05, 4.69) is 10.2 Å². The molecule has 2 rings (SSSR count). The van der Waals surface area contributed by atoms with Crippen LogP contribution < -0.4 is 5.73 Å². The van der Waals surface area contributed by atoms with Crippen molar-refractivity contribution < 1.29 is 10.6 Å². The van der Waals surface area contributed by atoms with Gasteiger partial charge in [0.25, 0.3) is 0 Å². The zero-order valence-electron chi connectivity index (χ0n) is 11.7. The van der Waals surface area contributed by atoms with E-state index in [1.54, 1.807) is 6.07 Å². The quantitative estimate of drug-likeness (QED) is 0.871. The van der Waals surface area contributed by atoms with E-state index in [4.69, 9.17) is 17.3 Å². The molecule has 0 radical (unpaired) electrons. The van der Waals surface area contributed by atoms with Crippen molar-refractivity contribution in [3.05, 3.63) is 51.9 Å². The topological polar surface area (TPSA) is 68.9 Å². The van der Waals surface area contributed by atoms with Gasteiger partial charge in [0.15, 0.2) is 0 Å². The Balaban J connectivity index is 0.00000242. The third-order valence-corrected chi connectivity index (χ3v) is 3.72. The number of anilines is 1. The van der Waals surface area contributed by atoms with Crippen LogP contribution in [0.25, 0.3) is 0 Å². The molecule has 2 N–H and O–H groups in total. The van der Waals surface area contributed by atoms with Crippen LogP contribution in [0.5, 0.6) is 0 Å². The Hall–Kier alpha value is -2.01. The fourth-order valence-electron chi connectivity index (χ4n) is 1.97. The van der Waals surface area contributed by atoms with Crippen molar-refractivity contribution in [1.29, 1.82) is 0 Å². The molecule has 0 aliphatic heterocycles. The van der Waals surface area contributed by atoms with E-state index in [-0.39, 0.29) is 29.4 Å². The SMILES string of the molecule is CC[C@@H](C)c1ccc(Cl)c(C(=O)c2ccc(N)nn2)c1F.[HH]. The van der Waals surface area contributed by atoms with Crippen LogP contribution in [-0.2, 0) is 0 Å². The van der Waals surface area contributed by atoms with Crippen LogP contribution >= 0.6 is 11.6 Å². The molecule has 21 heavy (non-hydrogen) atoms. The number of halogens is 2. The van der Waals surface area contributed by atoms with E-state index in [0.29, 0.717) is 5.56 Å². The normalized spacial score (nSPS) is 12.2. The highest BCUT2D eigenvalue weighted by Crippen LogP contribution is 2.30. The van der Waals surface area contributed by atoms with Crippen LogP contribution in [0.15, 0.2) is 24.3 Å². The molecule has 0 fully saturated rings. The molecule has 0 saturated carbocycles. The number of hydrogen-bond donors (Lipinski definition) is 1. The number of nitrogens with two attached hydrogens (primary N) is 1. The molecule has 4 nitrogen and oxygen atoms in total. The van der Waals surface area contributed by atoms with Gasteiger partial charge in [-0.2, -0.15) is 0 Å². The van der Waals surface area contributed by atoms with Gasteiger partial charge in [-0.15, -0.1) is 10.2 Å². The number of nitrogen functional groups attached to an aromatic ring is 1. The molecule has 1 atom stereocenters. The average Bonchev–Trinajstić information content (AvgIpc) is 2.47. The summed E-state index contributed by atoms with van der Waals surface area (Å²) in [5, 5.41) is 7.34. The number of hydrogen-bond acceptors (Lipinski definition) is 4. The summed E-state index contributed by atoms with van der Waals surface area (Å²) in [6.07, 6.45) is 0.758. The van der Waals surface area contributed by atoms with E-state index in [1.807, 2.05) is 13.8 Å². The molecule has 0 aliphatic rings. The zero-order valence-corrected chi connectivity index (χ0v) is 12.5. The fourth-order valence-corrected chi connectivity index (χ4v) is 2.20. The predicted molar refractivity (Wildman–Crippen MR) is 82.1 cm³/mol. The zero-order chi connectivity index (χ0) is 15.6. The van der Waals surface area contributed by atoms with Crippen molar-refractivity contribution in [2.24, 2.45) is 0 Å². The van der Waals surface area contributed by atoms with E-state index < -0.39 is 11.6 Å². The lowest BCUT2D eigenvalue weighted by Gasteiger charge is -2.13. The van der Waals surface area contributed by atoms with Gasteiger partial charge in [-0.3, -0.25) is 4.79 Å². The van der Waals surface area contributed by atoms with Crippen molar-refractivity contribution in [3.63, 3.8) is 0 Å². The first kappa shape index (κ1) is 15.4. The maximum Gasteiger partial charge on any atom is 0.217 e. The highest BCUT2D eigenvalue weighted by atomic mass is 35.5. The van der Waals surface area contributed by atoms with E-state index in [9.17, 15) is 9.18 Å². The molecule has 1 heterocycles. The number of carbonyl (C=O) groups excluding carboxylic acids is 1. The van der Waals surface area contributed by atoms with Crippen molar-refractivity contribution in [3.8, 4) is 0 Å². The summed E-state index contributed by atoms with van der Waals surface area (Å²) in [6, 6.07) is 5.97. The summed E-state index contributed by atoms with van der Waals surface area (Å²) < 4.78 is 14.6. The Morgan fingerprint density at radius 3 is 2.67 bits per heavy atom. The molecule has 0 saturated heterocycles. The van der Waals surface area contributed by atoms with Gasteiger partial charge in [0.05, 0.1) is 10.6 Å². The number of nitrogens with zero attached hydrogens (tertiary/aromatic N) is 2. The first-order valence-electron chi connectivity index (χ1n) is 6.57. The number of ketones is 1. The molecule has 0 unspecified atom stereocenters. The Kier molecular flexibility index (Phi) is 4.53. The summed E-state index contributed by atoms with van der Waals surface area (Å²) in [6.45, 7) is 3.84. The minimum Gasteiger partial charge on any atom is -0.382 e. The second kappa shape index (κ2) is 6.18. The van der Waals surface area contributed by atoms with E-state index in [1.165, 1.54) is 18.2 Å². The smallest absolute Gasteiger partial charge is 0.217 e. The number of rotatable bonds is 4. The Morgan fingerprint density at radius 2 is 2.10 bits per heavy atom. The molecule has 0 amide bonds. The van der Waals surface area contributed by atoms with Crippen molar-refractivity contribution in [2.45, 2.75) is 26.2 Å². The van der Waals surface area contributed by atoms with Crippen LogP contribution in [0.4, 0.5) is 10.2 Å². The Bertz CT molecular complexity index is 679. The van der Waals surface area contributed by atoms with Crippen LogP contribution in [-0.4, -0.2) is 16.0 Å². The van der Waals surface area contributed by atoms with Gasteiger partial charge in [-0.1, -0.05) is 31.5 Å². The second-order valence-corrected chi connectivity index (χ2v) is 5.21. The highest BCUT2D eigenvalue weighted by molar-refractivity contribution is 6.34.